The molecule has 2 bridgehead atoms. The van der Waals surface area contributed by atoms with E-state index in [1.165, 1.54) is 31.4 Å². The lowest BCUT2D eigenvalue weighted by Crippen LogP contribution is -2.57. The van der Waals surface area contributed by atoms with Gasteiger partial charge in [-0.1, -0.05) is 25.1 Å². The zero-order valence-electron chi connectivity index (χ0n) is 16.7. The third-order valence-electron chi connectivity index (χ3n) is 6.34. The summed E-state index contributed by atoms with van der Waals surface area (Å²) in [4.78, 5) is 0. The number of halogens is 1. The van der Waals surface area contributed by atoms with Crippen LogP contribution in [0.1, 0.15) is 24.2 Å². The Balaban J connectivity index is 2.06. The fourth-order valence-electron chi connectivity index (χ4n) is 4.71. The van der Waals surface area contributed by atoms with Crippen molar-refractivity contribution in [3.05, 3.63) is 65.5 Å². The zero-order valence-corrected chi connectivity index (χ0v) is 16.7. The van der Waals surface area contributed by atoms with E-state index in [2.05, 4.69) is 6.07 Å². The summed E-state index contributed by atoms with van der Waals surface area (Å²) in [5.74, 6) is -3.26. The SMILES string of the molecule is COc1ccccc1C1OC2(c3ccc(F)cc3)OC(=N)C(C#N)(C2C)C1(C#N)C#N. The summed E-state index contributed by atoms with van der Waals surface area (Å²) in [7, 11) is 1.44. The van der Waals surface area contributed by atoms with Crippen LogP contribution in [0.5, 0.6) is 5.75 Å². The van der Waals surface area contributed by atoms with Crippen LogP contribution in [0.25, 0.3) is 0 Å². The molecule has 7 nitrogen and oxygen atoms in total. The molecule has 1 N–H and O–H groups in total. The predicted molar refractivity (Wildman–Crippen MR) is 105 cm³/mol. The van der Waals surface area contributed by atoms with Gasteiger partial charge in [-0.2, -0.15) is 15.8 Å². The second-order valence-corrected chi connectivity index (χ2v) is 7.52. The number of nitriles is 3. The number of ether oxygens (including phenoxy) is 3. The minimum atomic E-state index is -2.10. The molecule has 2 fully saturated rings. The molecular weight excluding hydrogens is 399 g/mol. The minimum Gasteiger partial charge on any atom is -0.496 e. The number of nitrogens with one attached hydrogen (secondary N) is 1. The van der Waals surface area contributed by atoms with Crippen molar-refractivity contribution in [2.45, 2.75) is 18.8 Å². The van der Waals surface area contributed by atoms with Crippen LogP contribution in [0.2, 0.25) is 0 Å². The third kappa shape index (κ3) is 2.30. The Morgan fingerprint density at radius 2 is 1.68 bits per heavy atom. The molecule has 2 aromatic rings. The summed E-state index contributed by atoms with van der Waals surface area (Å²) < 4.78 is 31.3. The molecule has 0 saturated carbocycles. The molecule has 0 aliphatic carbocycles. The van der Waals surface area contributed by atoms with Crippen LogP contribution in [0.15, 0.2) is 48.5 Å². The van der Waals surface area contributed by atoms with Gasteiger partial charge in [0, 0.05) is 11.1 Å². The lowest BCUT2D eigenvalue weighted by molar-refractivity contribution is -0.288. The monoisotopic (exact) mass is 416 g/mol. The molecule has 2 aliphatic rings. The number of nitrogens with zero attached hydrogens (tertiary/aromatic N) is 3. The van der Waals surface area contributed by atoms with Crippen LogP contribution in [0.4, 0.5) is 4.39 Å². The summed E-state index contributed by atoms with van der Waals surface area (Å²) >= 11 is 0. The molecule has 4 unspecified atom stereocenters. The molecule has 0 aromatic heterocycles. The van der Waals surface area contributed by atoms with E-state index < -0.39 is 40.4 Å². The molecule has 2 saturated heterocycles. The number of para-hydroxylation sites is 1. The van der Waals surface area contributed by atoms with E-state index in [-0.39, 0.29) is 0 Å². The van der Waals surface area contributed by atoms with Crippen LogP contribution in [0.3, 0.4) is 0 Å². The molecule has 2 aliphatic heterocycles. The molecule has 0 amide bonds. The first kappa shape index (κ1) is 20.3. The lowest BCUT2D eigenvalue weighted by Gasteiger charge is -2.48. The summed E-state index contributed by atoms with van der Waals surface area (Å²) in [6.07, 6.45) is -1.29. The first-order valence-corrected chi connectivity index (χ1v) is 9.45. The van der Waals surface area contributed by atoms with Gasteiger partial charge in [-0.25, -0.2) is 4.39 Å². The first-order chi connectivity index (χ1) is 14.9. The average Bonchev–Trinajstić information content (AvgIpc) is 2.96. The predicted octanol–water partition coefficient (Wildman–Crippen LogP) is 3.95. The van der Waals surface area contributed by atoms with Crippen molar-refractivity contribution < 1.29 is 18.6 Å². The van der Waals surface area contributed by atoms with Gasteiger partial charge in [-0.3, -0.25) is 5.41 Å². The van der Waals surface area contributed by atoms with Crippen molar-refractivity contribution in [2.75, 3.05) is 7.11 Å². The normalized spacial score (nSPS) is 30.4. The van der Waals surface area contributed by atoms with Crippen LogP contribution in [0, 0.1) is 62.0 Å². The van der Waals surface area contributed by atoms with Gasteiger partial charge in [0.05, 0.1) is 31.2 Å². The van der Waals surface area contributed by atoms with E-state index in [0.29, 0.717) is 16.9 Å². The Kier molecular flexibility index (Phi) is 4.47. The minimum absolute atomic E-state index is 0.352. The number of fused-ring (bicyclic) bond motifs is 2. The smallest absolute Gasteiger partial charge is 0.244 e. The fraction of sp³-hybridized carbons (Fsp3) is 0.304. The Labute approximate surface area is 178 Å². The molecule has 2 heterocycles. The highest BCUT2D eigenvalue weighted by atomic mass is 19.1. The van der Waals surface area contributed by atoms with Gasteiger partial charge < -0.3 is 14.2 Å². The Morgan fingerprint density at radius 3 is 2.26 bits per heavy atom. The quantitative estimate of drug-likeness (QED) is 0.808. The van der Waals surface area contributed by atoms with E-state index in [9.17, 15) is 20.2 Å². The van der Waals surface area contributed by atoms with Crippen molar-refractivity contribution >= 4 is 5.90 Å². The van der Waals surface area contributed by atoms with Crippen molar-refractivity contribution in [1.82, 2.24) is 0 Å². The molecule has 31 heavy (non-hydrogen) atoms. The Bertz CT molecular complexity index is 1180. The maximum atomic E-state index is 13.6. The van der Waals surface area contributed by atoms with Crippen LogP contribution in [-0.2, 0) is 15.3 Å². The molecule has 2 aromatic carbocycles. The number of rotatable bonds is 3. The lowest BCUT2D eigenvalue weighted by atomic mass is 9.53. The van der Waals surface area contributed by atoms with Gasteiger partial charge >= 0.3 is 0 Å². The van der Waals surface area contributed by atoms with Gasteiger partial charge in [0.15, 0.2) is 5.41 Å². The topological polar surface area (TPSA) is 123 Å². The van der Waals surface area contributed by atoms with E-state index >= 15 is 0 Å². The number of hydrogen-bond acceptors (Lipinski definition) is 7. The molecule has 4 rings (SSSR count). The van der Waals surface area contributed by atoms with Crippen molar-refractivity contribution in [3.63, 3.8) is 0 Å². The van der Waals surface area contributed by atoms with E-state index in [1.807, 2.05) is 12.1 Å². The maximum Gasteiger partial charge on any atom is 0.244 e. The van der Waals surface area contributed by atoms with Crippen LogP contribution >= 0.6 is 0 Å². The fourth-order valence-corrected chi connectivity index (χ4v) is 4.71. The molecular formula is C23H17FN4O3. The summed E-state index contributed by atoms with van der Waals surface area (Å²) in [5, 5.41) is 39.3. The highest BCUT2D eigenvalue weighted by Crippen LogP contribution is 2.69. The van der Waals surface area contributed by atoms with Gasteiger partial charge in [0.2, 0.25) is 17.1 Å². The van der Waals surface area contributed by atoms with Crippen molar-refractivity contribution in [3.8, 4) is 24.0 Å². The third-order valence-corrected chi connectivity index (χ3v) is 6.34. The van der Waals surface area contributed by atoms with Gasteiger partial charge in [0.1, 0.15) is 17.7 Å². The van der Waals surface area contributed by atoms with E-state index in [4.69, 9.17) is 19.6 Å². The second kappa shape index (κ2) is 6.80. The summed E-state index contributed by atoms with van der Waals surface area (Å²) in [6, 6.07) is 18.0. The van der Waals surface area contributed by atoms with E-state index in [0.717, 1.165) is 0 Å². The summed E-state index contributed by atoms with van der Waals surface area (Å²) in [5.41, 5.74) is -3.31. The van der Waals surface area contributed by atoms with Crippen LogP contribution < -0.4 is 4.74 Å². The molecule has 0 spiro atoms. The zero-order chi connectivity index (χ0) is 22.4. The molecule has 0 radical (unpaired) electrons. The molecule has 154 valence electrons. The number of methoxy groups -OCH3 is 1. The van der Waals surface area contributed by atoms with Crippen molar-refractivity contribution in [1.29, 1.82) is 21.2 Å². The van der Waals surface area contributed by atoms with Gasteiger partial charge in [-0.05, 0) is 30.3 Å². The highest BCUT2D eigenvalue weighted by molar-refractivity contribution is 5.89. The number of benzene rings is 2. The second-order valence-electron chi connectivity index (χ2n) is 7.52. The average molecular weight is 416 g/mol. The Hall–Kier alpha value is -3.93. The van der Waals surface area contributed by atoms with Gasteiger partial charge in [0.25, 0.3) is 0 Å². The molecule has 8 heteroatoms. The summed E-state index contributed by atoms with van der Waals surface area (Å²) in [6.45, 7) is 1.59. The first-order valence-electron chi connectivity index (χ1n) is 9.45. The van der Waals surface area contributed by atoms with E-state index in [1.54, 1.807) is 31.2 Å². The highest BCUT2D eigenvalue weighted by Gasteiger charge is 2.80. The van der Waals surface area contributed by atoms with Crippen molar-refractivity contribution in [2.24, 2.45) is 16.7 Å². The van der Waals surface area contributed by atoms with Crippen LogP contribution in [-0.4, -0.2) is 13.0 Å². The molecule has 4 atom stereocenters. The van der Waals surface area contributed by atoms with Gasteiger partial charge in [-0.15, -0.1) is 0 Å². The number of hydrogen-bond donors (Lipinski definition) is 1. The standard InChI is InChI=1S/C23H17FN4O3/c1-14-22(13-27)20(28)31-23(14,15-7-9-16(24)10-8-15)30-19(21(22,11-25)12-26)17-5-3-4-6-18(17)29-2/h3-10,14,19,28H,1-2H3. The Morgan fingerprint density at radius 1 is 1.03 bits per heavy atom. The maximum absolute atomic E-state index is 13.6. The largest absolute Gasteiger partial charge is 0.496 e.